The van der Waals surface area contributed by atoms with E-state index in [4.69, 9.17) is 14.2 Å². The second-order valence-electron chi connectivity index (χ2n) is 12.2. The second-order valence-corrected chi connectivity index (χ2v) is 12.2. The summed E-state index contributed by atoms with van der Waals surface area (Å²) in [6, 6.07) is 0. The highest BCUT2D eigenvalue weighted by Crippen LogP contribution is 2.82. The molecule has 2 spiro atoms. The highest BCUT2D eigenvalue weighted by Gasteiger charge is 2.87. The van der Waals surface area contributed by atoms with E-state index in [1.165, 1.54) is 6.92 Å². The third-order valence-electron chi connectivity index (χ3n) is 10.8. The van der Waals surface area contributed by atoms with Gasteiger partial charge in [0.05, 0.1) is 29.3 Å². The lowest BCUT2D eigenvalue weighted by atomic mass is 9.26. The summed E-state index contributed by atoms with van der Waals surface area (Å²) < 4.78 is 18.2. The number of ether oxygens (including phenoxy) is 3. The molecular formula is C28H36O7. The molecule has 0 saturated heterocycles. The zero-order chi connectivity index (χ0) is 24.9. The van der Waals surface area contributed by atoms with Crippen LogP contribution < -0.4 is 0 Å². The number of hydrogen-bond donors (Lipinski definition) is 2. The largest absolute Gasteiger partial charge is 0.493 e. The normalized spacial score (nSPS) is 49.3. The van der Waals surface area contributed by atoms with Gasteiger partial charge in [-0.25, -0.2) is 4.79 Å². The van der Waals surface area contributed by atoms with Crippen LogP contribution in [0.25, 0.3) is 0 Å². The molecule has 0 amide bonds. The molecule has 2 heterocycles. The Morgan fingerprint density at radius 2 is 2.06 bits per heavy atom. The van der Waals surface area contributed by atoms with Gasteiger partial charge in [0.15, 0.2) is 0 Å². The zero-order valence-corrected chi connectivity index (χ0v) is 20.8. The predicted molar refractivity (Wildman–Crippen MR) is 126 cm³/mol. The third-order valence-corrected chi connectivity index (χ3v) is 10.8. The van der Waals surface area contributed by atoms with Crippen molar-refractivity contribution in [1.29, 1.82) is 0 Å². The van der Waals surface area contributed by atoms with E-state index in [2.05, 4.69) is 13.8 Å². The minimum absolute atomic E-state index is 0.263. The average Bonchev–Trinajstić information content (AvgIpc) is 3.22. The zero-order valence-electron chi connectivity index (χ0n) is 20.8. The van der Waals surface area contributed by atoms with Crippen molar-refractivity contribution in [3.05, 3.63) is 35.6 Å². The van der Waals surface area contributed by atoms with Crippen LogP contribution in [0, 0.1) is 21.7 Å². The molecule has 35 heavy (non-hydrogen) atoms. The molecule has 0 aromatic carbocycles. The van der Waals surface area contributed by atoms with Gasteiger partial charge in [0.2, 0.25) is 0 Å². The van der Waals surface area contributed by atoms with Gasteiger partial charge in [-0.3, -0.25) is 4.79 Å². The molecule has 0 radical (unpaired) electrons. The Morgan fingerprint density at radius 3 is 2.77 bits per heavy atom. The van der Waals surface area contributed by atoms with Crippen LogP contribution in [0.5, 0.6) is 0 Å². The topological polar surface area (TPSA) is 102 Å². The molecule has 0 aromatic heterocycles. The van der Waals surface area contributed by atoms with Gasteiger partial charge < -0.3 is 24.4 Å². The molecule has 7 nitrogen and oxygen atoms in total. The maximum Gasteiger partial charge on any atom is 0.331 e. The van der Waals surface area contributed by atoms with E-state index in [0.717, 1.165) is 36.8 Å². The van der Waals surface area contributed by atoms with Crippen molar-refractivity contribution < 1.29 is 34.0 Å². The number of carbonyl (C=O) groups is 2. The van der Waals surface area contributed by atoms with Crippen molar-refractivity contribution in [3.8, 4) is 0 Å². The van der Waals surface area contributed by atoms with Crippen molar-refractivity contribution in [2.75, 3.05) is 6.61 Å². The molecule has 3 fully saturated rings. The summed E-state index contributed by atoms with van der Waals surface area (Å²) in [5, 5.41) is 24.1. The Hall–Kier alpha value is -2.12. The summed E-state index contributed by atoms with van der Waals surface area (Å²) in [6.45, 7) is 6.08. The van der Waals surface area contributed by atoms with E-state index in [1.807, 2.05) is 18.4 Å². The third kappa shape index (κ3) is 2.49. The van der Waals surface area contributed by atoms with Gasteiger partial charge in [0.25, 0.3) is 0 Å². The van der Waals surface area contributed by atoms with Gasteiger partial charge in [-0.2, -0.15) is 0 Å². The molecule has 8 atom stereocenters. The van der Waals surface area contributed by atoms with Crippen LogP contribution in [-0.2, 0) is 23.8 Å². The molecule has 2 N–H and O–H groups in total. The Balaban J connectivity index is 1.63. The first-order chi connectivity index (χ1) is 16.6. The van der Waals surface area contributed by atoms with Crippen LogP contribution in [0.2, 0.25) is 0 Å². The lowest BCUT2D eigenvalue weighted by molar-refractivity contribution is -0.379. The SMILES string of the molecule is CC(=O)O[C@@H]1C[C@]2(C)C=C[C@H](O)[C@@]34[C@@H](O)CC[C@@]5(C)CCCC(=COC32CCC2=CC(=O)OC2)[C@@]154. The Labute approximate surface area is 206 Å². The van der Waals surface area contributed by atoms with E-state index in [9.17, 15) is 19.8 Å². The lowest BCUT2D eigenvalue weighted by Crippen LogP contribution is -2.86. The van der Waals surface area contributed by atoms with Crippen molar-refractivity contribution in [2.24, 2.45) is 21.7 Å². The van der Waals surface area contributed by atoms with Crippen molar-refractivity contribution in [2.45, 2.75) is 96.1 Å². The average molecular weight is 485 g/mol. The number of carbonyl (C=O) groups excluding carboxylic acids is 2. The first kappa shape index (κ1) is 23.3. The highest BCUT2D eigenvalue weighted by atomic mass is 16.5. The molecule has 6 rings (SSSR count). The van der Waals surface area contributed by atoms with Crippen LogP contribution in [0.1, 0.15) is 72.1 Å². The number of cyclic esters (lactones) is 1. The smallest absolute Gasteiger partial charge is 0.331 e. The number of esters is 2. The summed E-state index contributed by atoms with van der Waals surface area (Å²) >= 11 is 0. The molecule has 1 unspecified atom stereocenters. The highest BCUT2D eigenvalue weighted by molar-refractivity contribution is 5.85. The number of aliphatic hydroxyl groups excluding tert-OH is 2. The van der Waals surface area contributed by atoms with Crippen LogP contribution >= 0.6 is 0 Å². The van der Waals surface area contributed by atoms with Gasteiger partial charge in [0.1, 0.15) is 18.3 Å². The summed E-state index contributed by atoms with van der Waals surface area (Å²) in [5.41, 5.74) is -1.72. The van der Waals surface area contributed by atoms with E-state index < -0.39 is 40.2 Å². The second kappa shape index (κ2) is 7.22. The Morgan fingerprint density at radius 1 is 1.26 bits per heavy atom. The molecule has 0 aromatic rings. The first-order valence-electron chi connectivity index (χ1n) is 13.0. The van der Waals surface area contributed by atoms with E-state index in [-0.39, 0.29) is 24.0 Å². The summed E-state index contributed by atoms with van der Waals surface area (Å²) in [7, 11) is 0. The molecule has 2 aliphatic heterocycles. The molecule has 3 saturated carbocycles. The fourth-order valence-electron chi connectivity index (χ4n) is 9.77. The molecule has 6 aliphatic rings. The standard InChI is InChI=1S/C28H36O7/c1-17(29)35-22-14-25(3)11-8-21(31)28-20(30)7-10-24(2)9-4-5-19(27(22,24)28)16-34-26(25,28)12-6-18-13-23(32)33-15-18/h8,11,13,16,20-22,30-31H,4-7,9-10,12,14-15H2,1-3H3/t20-,21-,22+,24+,25-,26?,27+,28-/m0/s1. The van der Waals surface area contributed by atoms with Crippen LogP contribution in [0.15, 0.2) is 35.6 Å². The quantitative estimate of drug-likeness (QED) is 0.465. The van der Waals surface area contributed by atoms with Gasteiger partial charge in [0, 0.05) is 18.4 Å². The number of hydrogen-bond acceptors (Lipinski definition) is 7. The van der Waals surface area contributed by atoms with Gasteiger partial charge in [-0.05, 0) is 67.9 Å². The van der Waals surface area contributed by atoms with Crippen molar-refractivity contribution >= 4 is 11.9 Å². The maximum absolute atomic E-state index is 12.5. The van der Waals surface area contributed by atoms with Crippen molar-refractivity contribution in [1.82, 2.24) is 0 Å². The summed E-state index contributed by atoms with van der Waals surface area (Å²) in [5.74, 6) is -0.672. The van der Waals surface area contributed by atoms with E-state index in [0.29, 0.717) is 25.7 Å². The van der Waals surface area contributed by atoms with Gasteiger partial charge in [-0.15, -0.1) is 0 Å². The number of aliphatic hydroxyl groups is 2. The summed E-state index contributed by atoms with van der Waals surface area (Å²) in [4.78, 5) is 24.2. The van der Waals surface area contributed by atoms with Crippen LogP contribution in [0.3, 0.4) is 0 Å². The van der Waals surface area contributed by atoms with Gasteiger partial charge >= 0.3 is 11.9 Å². The summed E-state index contributed by atoms with van der Waals surface area (Å²) in [6.07, 6.45) is 10.7. The lowest BCUT2D eigenvalue weighted by Gasteiger charge is -2.81. The first-order valence-corrected chi connectivity index (χ1v) is 13.0. The minimum atomic E-state index is -1.09. The van der Waals surface area contributed by atoms with Crippen molar-refractivity contribution in [3.63, 3.8) is 0 Å². The van der Waals surface area contributed by atoms with Crippen LogP contribution in [0.4, 0.5) is 0 Å². The predicted octanol–water partition coefficient (Wildman–Crippen LogP) is 3.49. The molecular weight excluding hydrogens is 448 g/mol. The fourth-order valence-corrected chi connectivity index (χ4v) is 9.77. The monoisotopic (exact) mass is 484 g/mol. The fraction of sp³-hybridized carbons (Fsp3) is 0.714. The van der Waals surface area contributed by atoms with E-state index >= 15 is 0 Å². The minimum Gasteiger partial charge on any atom is -0.493 e. The Kier molecular flexibility index (Phi) is 4.81. The maximum atomic E-state index is 12.5. The Bertz CT molecular complexity index is 1080. The molecule has 190 valence electrons. The molecule has 4 aliphatic carbocycles. The number of rotatable bonds is 4. The molecule has 4 bridgehead atoms. The molecule has 7 heteroatoms. The van der Waals surface area contributed by atoms with Crippen LogP contribution in [-0.4, -0.2) is 52.7 Å². The van der Waals surface area contributed by atoms with Gasteiger partial charge in [-0.1, -0.05) is 26.0 Å². The van der Waals surface area contributed by atoms with E-state index in [1.54, 1.807) is 6.08 Å².